The maximum absolute atomic E-state index is 4.06. The topological polar surface area (TPSA) is 24.1 Å². The van der Waals surface area contributed by atoms with E-state index in [2.05, 4.69) is 104 Å². The summed E-state index contributed by atoms with van der Waals surface area (Å²) in [6, 6.07) is 7.33. The highest BCUT2D eigenvalue weighted by atomic mass is 15.0. The summed E-state index contributed by atoms with van der Waals surface area (Å²) in [6.07, 6.45) is 3.28. The molecule has 2 heteroatoms. The highest BCUT2D eigenvalue weighted by Crippen LogP contribution is 2.31. The third-order valence-electron chi connectivity index (χ3n) is 4.63. The van der Waals surface area contributed by atoms with Crippen molar-refractivity contribution < 1.29 is 0 Å². The molecule has 0 saturated carbocycles. The molecule has 0 saturated heterocycles. The minimum absolute atomic E-state index is 0.145. The summed E-state index contributed by atoms with van der Waals surface area (Å²) >= 11 is 0. The fraction of sp³-hybridized carbons (Fsp3) is 0.630. The molecular weight excluding hydrogens is 352 g/mol. The summed E-state index contributed by atoms with van der Waals surface area (Å²) < 4.78 is 0. The van der Waals surface area contributed by atoms with Crippen LogP contribution in [0.5, 0.6) is 0 Å². The van der Waals surface area contributed by atoms with E-state index < -0.39 is 0 Å². The van der Waals surface area contributed by atoms with Crippen LogP contribution in [0.3, 0.4) is 0 Å². The molecule has 0 bridgehead atoms. The minimum Gasteiger partial charge on any atom is -0.384 e. The van der Waals surface area contributed by atoms with E-state index in [4.69, 9.17) is 0 Å². The summed E-state index contributed by atoms with van der Waals surface area (Å²) in [4.78, 5) is 0. The molecule has 1 aromatic carbocycles. The predicted molar refractivity (Wildman–Crippen MR) is 134 cm³/mol. The van der Waals surface area contributed by atoms with E-state index in [-0.39, 0.29) is 10.8 Å². The molecule has 0 aromatic heterocycles. The summed E-state index contributed by atoms with van der Waals surface area (Å²) in [5.74, 6) is 0. The van der Waals surface area contributed by atoms with Gasteiger partial charge in [-0.15, -0.1) is 6.58 Å². The Balaban J connectivity index is 0.00000379. The first-order chi connectivity index (χ1) is 13.3. The zero-order chi connectivity index (χ0) is 22.8. The van der Waals surface area contributed by atoms with Gasteiger partial charge in [-0.1, -0.05) is 78.7 Å². The Bertz CT molecular complexity index is 618. The molecule has 2 N–H and O–H groups in total. The van der Waals surface area contributed by atoms with Gasteiger partial charge in [0.25, 0.3) is 0 Å². The summed E-state index contributed by atoms with van der Waals surface area (Å²) in [5.41, 5.74) is 6.83. The predicted octanol–water partition coefficient (Wildman–Crippen LogP) is 7.61. The van der Waals surface area contributed by atoms with Gasteiger partial charge in [0.15, 0.2) is 0 Å². The lowest BCUT2D eigenvalue weighted by Gasteiger charge is -2.26. The van der Waals surface area contributed by atoms with Crippen LogP contribution < -0.4 is 10.6 Å². The van der Waals surface area contributed by atoms with E-state index in [1.807, 2.05) is 13.8 Å². The summed E-state index contributed by atoms with van der Waals surface area (Å²) in [6.45, 7) is 30.0. The van der Waals surface area contributed by atoms with Crippen LogP contribution in [0.25, 0.3) is 0 Å². The molecule has 0 aliphatic heterocycles. The largest absolute Gasteiger partial charge is 0.384 e. The van der Waals surface area contributed by atoms with Gasteiger partial charge in [0.2, 0.25) is 0 Å². The molecule has 166 valence electrons. The van der Waals surface area contributed by atoms with Crippen molar-refractivity contribution in [1.82, 2.24) is 5.32 Å². The van der Waals surface area contributed by atoms with Crippen LogP contribution in [0.4, 0.5) is 5.69 Å². The van der Waals surface area contributed by atoms with Gasteiger partial charge in [-0.3, -0.25) is 0 Å². The first-order valence-corrected chi connectivity index (χ1v) is 11.2. The Labute approximate surface area is 182 Å². The lowest BCUT2D eigenvalue weighted by Crippen LogP contribution is -2.32. The maximum atomic E-state index is 4.06. The smallest absolute Gasteiger partial charge is 0.0346 e. The lowest BCUT2D eigenvalue weighted by molar-refractivity contribution is 0.568. The Morgan fingerprint density at radius 2 is 1.38 bits per heavy atom. The van der Waals surface area contributed by atoms with Crippen molar-refractivity contribution in [3.8, 4) is 0 Å². The number of nitrogens with one attached hydrogen (secondary N) is 2. The van der Waals surface area contributed by atoms with Crippen molar-refractivity contribution >= 4 is 5.69 Å². The van der Waals surface area contributed by atoms with E-state index in [1.165, 1.54) is 28.0 Å². The van der Waals surface area contributed by atoms with Crippen molar-refractivity contribution in [3.63, 3.8) is 0 Å². The van der Waals surface area contributed by atoms with E-state index in [9.17, 15) is 0 Å². The molecule has 0 fully saturated rings. The van der Waals surface area contributed by atoms with Crippen molar-refractivity contribution in [3.05, 3.63) is 53.1 Å². The number of allylic oxidation sites excluding steroid dienone is 1. The van der Waals surface area contributed by atoms with Gasteiger partial charge in [-0.2, -0.15) is 0 Å². The maximum Gasteiger partial charge on any atom is 0.0346 e. The van der Waals surface area contributed by atoms with E-state index in [0.717, 1.165) is 19.5 Å². The minimum atomic E-state index is 0.145. The number of benzene rings is 1. The number of rotatable bonds is 8. The average molecular weight is 401 g/mol. The second-order valence-electron chi connectivity index (χ2n) is 10.2. The lowest BCUT2D eigenvalue weighted by atomic mass is 9.80. The van der Waals surface area contributed by atoms with Gasteiger partial charge < -0.3 is 10.6 Å². The van der Waals surface area contributed by atoms with Crippen molar-refractivity contribution in [1.29, 1.82) is 0 Å². The number of anilines is 1. The Morgan fingerprint density at radius 3 is 1.76 bits per heavy atom. The molecular formula is C27H48N2. The first kappa shape index (κ1) is 27.5. The molecule has 29 heavy (non-hydrogen) atoms. The highest BCUT2D eigenvalue weighted by Gasteiger charge is 2.20. The van der Waals surface area contributed by atoms with E-state index in [1.54, 1.807) is 0 Å². The van der Waals surface area contributed by atoms with Gasteiger partial charge in [0, 0.05) is 24.8 Å². The molecule has 0 aliphatic rings. The van der Waals surface area contributed by atoms with Gasteiger partial charge in [0.05, 0.1) is 0 Å². The van der Waals surface area contributed by atoms with Crippen LogP contribution in [-0.4, -0.2) is 19.1 Å². The SMILES string of the molecule is C=C(C)CC(C=C(C)C)NCCNc1cc(C(C)(C)C)cc(C(C)(C)C)c1.CC. The normalized spacial score (nSPS) is 12.5. The Hall–Kier alpha value is -1.54. The van der Waals surface area contributed by atoms with Gasteiger partial charge >= 0.3 is 0 Å². The van der Waals surface area contributed by atoms with Crippen molar-refractivity contribution in [2.75, 3.05) is 18.4 Å². The standard InChI is InChI=1S/C25H42N2.C2H6/c1-18(2)13-22(14-19(3)4)26-11-12-27-23-16-20(24(5,6)7)15-21(17-23)25(8,9)10;1-2/h14-17,22,26-27H,1,11-13H2,2-10H3;1-2H3. The van der Waals surface area contributed by atoms with Crippen molar-refractivity contribution in [2.45, 2.75) is 99.5 Å². The Kier molecular flexibility index (Phi) is 11.6. The molecule has 0 spiro atoms. The first-order valence-electron chi connectivity index (χ1n) is 11.2. The van der Waals surface area contributed by atoms with Crippen LogP contribution in [0.15, 0.2) is 42.0 Å². The van der Waals surface area contributed by atoms with Crippen LogP contribution in [0.2, 0.25) is 0 Å². The van der Waals surface area contributed by atoms with Gasteiger partial charge in [-0.05, 0) is 61.3 Å². The molecule has 0 amide bonds. The molecule has 1 rings (SSSR count). The molecule has 1 aromatic rings. The zero-order valence-corrected chi connectivity index (χ0v) is 21.2. The molecule has 2 nitrogen and oxygen atoms in total. The monoisotopic (exact) mass is 400 g/mol. The molecule has 0 radical (unpaired) electrons. The second kappa shape index (κ2) is 12.2. The number of hydrogen-bond acceptors (Lipinski definition) is 2. The van der Waals surface area contributed by atoms with Crippen LogP contribution in [0, 0.1) is 0 Å². The second-order valence-corrected chi connectivity index (χ2v) is 10.2. The number of hydrogen-bond donors (Lipinski definition) is 2. The van der Waals surface area contributed by atoms with Crippen LogP contribution in [0.1, 0.15) is 93.7 Å². The fourth-order valence-electron chi connectivity index (χ4n) is 3.03. The third kappa shape index (κ3) is 11.3. The molecule has 1 unspecified atom stereocenters. The van der Waals surface area contributed by atoms with Crippen LogP contribution in [-0.2, 0) is 10.8 Å². The highest BCUT2D eigenvalue weighted by molar-refractivity contribution is 5.52. The van der Waals surface area contributed by atoms with Gasteiger partial charge in [0.1, 0.15) is 0 Å². The van der Waals surface area contributed by atoms with Crippen LogP contribution >= 0.6 is 0 Å². The molecule has 0 aliphatic carbocycles. The van der Waals surface area contributed by atoms with Crippen molar-refractivity contribution in [2.24, 2.45) is 0 Å². The summed E-state index contributed by atoms with van der Waals surface area (Å²) in [5, 5.41) is 7.27. The van der Waals surface area contributed by atoms with E-state index in [0.29, 0.717) is 6.04 Å². The Morgan fingerprint density at radius 1 is 0.897 bits per heavy atom. The third-order valence-corrected chi connectivity index (χ3v) is 4.63. The van der Waals surface area contributed by atoms with Gasteiger partial charge in [-0.25, -0.2) is 0 Å². The quantitative estimate of drug-likeness (QED) is 0.346. The fourth-order valence-corrected chi connectivity index (χ4v) is 3.03. The molecule has 1 atom stereocenters. The average Bonchev–Trinajstić information content (AvgIpc) is 2.57. The zero-order valence-electron chi connectivity index (χ0n) is 21.2. The van der Waals surface area contributed by atoms with E-state index >= 15 is 0 Å². The summed E-state index contributed by atoms with van der Waals surface area (Å²) in [7, 11) is 0. The molecule has 0 heterocycles.